The van der Waals surface area contributed by atoms with Gasteiger partial charge >= 0.3 is 0 Å². The van der Waals surface area contributed by atoms with Crippen LogP contribution in [0.2, 0.25) is 0 Å². The van der Waals surface area contributed by atoms with Gasteiger partial charge in [0.15, 0.2) is 0 Å². The molecule has 1 aromatic carbocycles. The molecule has 114 valence electrons. The van der Waals surface area contributed by atoms with Gasteiger partial charge in [0, 0.05) is 44.1 Å². The Balaban J connectivity index is 1.64. The lowest BCUT2D eigenvalue weighted by molar-refractivity contribution is -0.130. The van der Waals surface area contributed by atoms with Crippen LogP contribution >= 0.6 is 0 Å². The summed E-state index contributed by atoms with van der Waals surface area (Å²) in [6.45, 7) is 2.04. The summed E-state index contributed by atoms with van der Waals surface area (Å²) in [6, 6.07) is 9.04. The van der Waals surface area contributed by atoms with Gasteiger partial charge in [-0.25, -0.2) is 0 Å². The predicted octanol–water partition coefficient (Wildman–Crippen LogP) is 1.04. The van der Waals surface area contributed by atoms with E-state index in [1.807, 2.05) is 18.2 Å². The van der Waals surface area contributed by atoms with Crippen LogP contribution in [-0.2, 0) is 4.79 Å². The molecule has 1 saturated heterocycles. The number of nitrogens with zero attached hydrogens (tertiary/aromatic N) is 1. The van der Waals surface area contributed by atoms with Gasteiger partial charge < -0.3 is 15.3 Å². The quantitative estimate of drug-likeness (QED) is 0.769. The van der Waals surface area contributed by atoms with Gasteiger partial charge in [0.2, 0.25) is 5.91 Å². The van der Waals surface area contributed by atoms with Crippen molar-refractivity contribution in [2.75, 3.05) is 26.2 Å². The molecule has 1 aliphatic rings. The number of benzene rings is 1. The minimum Gasteiger partial charge on any atom is -0.396 e. The van der Waals surface area contributed by atoms with Crippen LogP contribution in [0.3, 0.4) is 0 Å². The van der Waals surface area contributed by atoms with Gasteiger partial charge in [-0.2, -0.15) is 0 Å². The average molecular weight is 290 g/mol. The number of aliphatic hydroxyl groups is 1. The molecule has 0 bridgehead atoms. The molecule has 1 fully saturated rings. The summed E-state index contributed by atoms with van der Waals surface area (Å²) in [6.07, 6.45) is 1.96. The number of rotatable bonds is 6. The molecule has 1 atom stereocenters. The number of amides is 2. The van der Waals surface area contributed by atoms with Crippen molar-refractivity contribution in [3.8, 4) is 0 Å². The van der Waals surface area contributed by atoms with Crippen LogP contribution in [-0.4, -0.2) is 48.1 Å². The van der Waals surface area contributed by atoms with Gasteiger partial charge in [0.05, 0.1) is 0 Å². The zero-order chi connectivity index (χ0) is 15.1. The first-order chi connectivity index (χ1) is 10.2. The van der Waals surface area contributed by atoms with Crippen LogP contribution < -0.4 is 5.32 Å². The van der Waals surface area contributed by atoms with Crippen molar-refractivity contribution in [2.24, 2.45) is 5.92 Å². The standard InChI is InChI=1S/C16H22N2O3/c19-12-13-8-10-18(11-13)15(20)7-4-9-17-16(21)14-5-2-1-3-6-14/h1-3,5-6,13,19H,4,7-12H2,(H,17,21). The summed E-state index contributed by atoms with van der Waals surface area (Å²) in [5.41, 5.74) is 0.633. The van der Waals surface area contributed by atoms with Crippen LogP contribution in [0.5, 0.6) is 0 Å². The van der Waals surface area contributed by atoms with Crippen molar-refractivity contribution in [3.05, 3.63) is 35.9 Å². The van der Waals surface area contributed by atoms with Gasteiger partial charge in [0.25, 0.3) is 5.91 Å². The van der Waals surface area contributed by atoms with Crippen molar-refractivity contribution in [3.63, 3.8) is 0 Å². The second-order valence-corrected chi connectivity index (χ2v) is 5.40. The number of hydrogen-bond donors (Lipinski definition) is 2. The molecule has 2 rings (SSSR count). The minimum atomic E-state index is -0.107. The van der Waals surface area contributed by atoms with Gasteiger partial charge in [0.1, 0.15) is 0 Å². The highest BCUT2D eigenvalue weighted by atomic mass is 16.3. The number of aliphatic hydroxyl groups excluding tert-OH is 1. The highest BCUT2D eigenvalue weighted by molar-refractivity contribution is 5.94. The molecule has 0 radical (unpaired) electrons. The van der Waals surface area contributed by atoms with Crippen LogP contribution in [0, 0.1) is 5.92 Å². The Bertz CT molecular complexity index is 476. The lowest BCUT2D eigenvalue weighted by atomic mass is 10.1. The second kappa shape index (κ2) is 7.78. The lowest BCUT2D eigenvalue weighted by Gasteiger charge is -2.16. The van der Waals surface area contributed by atoms with Gasteiger partial charge in [-0.15, -0.1) is 0 Å². The largest absolute Gasteiger partial charge is 0.396 e. The predicted molar refractivity (Wildman–Crippen MR) is 79.8 cm³/mol. The fourth-order valence-corrected chi connectivity index (χ4v) is 2.50. The summed E-state index contributed by atoms with van der Waals surface area (Å²) in [4.78, 5) is 25.6. The molecule has 1 aromatic rings. The van der Waals surface area contributed by atoms with E-state index in [1.165, 1.54) is 0 Å². The van der Waals surface area contributed by atoms with E-state index in [9.17, 15) is 9.59 Å². The van der Waals surface area contributed by atoms with Crippen LogP contribution in [0.1, 0.15) is 29.6 Å². The van der Waals surface area contributed by atoms with Crippen LogP contribution in [0.15, 0.2) is 30.3 Å². The summed E-state index contributed by atoms with van der Waals surface area (Å²) in [5.74, 6) is 0.233. The molecule has 2 N–H and O–H groups in total. The molecule has 0 aromatic heterocycles. The molecule has 1 unspecified atom stereocenters. The molecular weight excluding hydrogens is 268 g/mol. The van der Waals surface area contributed by atoms with E-state index in [1.54, 1.807) is 17.0 Å². The highest BCUT2D eigenvalue weighted by Gasteiger charge is 2.24. The molecule has 0 aliphatic carbocycles. The number of carbonyl (C=O) groups is 2. The van der Waals surface area contributed by atoms with E-state index >= 15 is 0 Å². The summed E-state index contributed by atoms with van der Waals surface area (Å²) >= 11 is 0. The number of hydrogen-bond acceptors (Lipinski definition) is 3. The average Bonchev–Trinajstić information content (AvgIpc) is 3.01. The minimum absolute atomic E-state index is 0.107. The summed E-state index contributed by atoms with van der Waals surface area (Å²) < 4.78 is 0. The van der Waals surface area contributed by atoms with E-state index in [-0.39, 0.29) is 24.3 Å². The molecule has 1 heterocycles. The molecule has 1 aliphatic heterocycles. The number of carbonyl (C=O) groups excluding carboxylic acids is 2. The molecule has 0 spiro atoms. The molecule has 2 amide bonds. The summed E-state index contributed by atoms with van der Waals surface area (Å²) in [7, 11) is 0. The summed E-state index contributed by atoms with van der Waals surface area (Å²) in [5, 5.41) is 11.9. The first kappa shape index (κ1) is 15.5. The monoisotopic (exact) mass is 290 g/mol. The Morgan fingerprint density at radius 2 is 2.05 bits per heavy atom. The Morgan fingerprint density at radius 1 is 1.29 bits per heavy atom. The highest BCUT2D eigenvalue weighted by Crippen LogP contribution is 2.16. The van der Waals surface area contributed by atoms with Crippen molar-refractivity contribution < 1.29 is 14.7 Å². The van der Waals surface area contributed by atoms with Gasteiger partial charge in [-0.3, -0.25) is 9.59 Å². The SMILES string of the molecule is O=C(NCCCC(=O)N1CCC(CO)C1)c1ccccc1. The van der Waals surface area contributed by atoms with Crippen LogP contribution in [0.4, 0.5) is 0 Å². The smallest absolute Gasteiger partial charge is 0.251 e. The Labute approximate surface area is 125 Å². The first-order valence-electron chi connectivity index (χ1n) is 7.42. The third-order valence-electron chi connectivity index (χ3n) is 3.79. The van der Waals surface area contributed by atoms with Crippen molar-refractivity contribution in [2.45, 2.75) is 19.3 Å². The normalized spacial score (nSPS) is 17.8. The first-order valence-corrected chi connectivity index (χ1v) is 7.42. The van der Waals surface area contributed by atoms with Crippen LogP contribution in [0.25, 0.3) is 0 Å². The number of likely N-dealkylation sites (tertiary alicyclic amines) is 1. The zero-order valence-corrected chi connectivity index (χ0v) is 12.1. The molecule has 0 saturated carbocycles. The maximum absolute atomic E-state index is 12.0. The maximum atomic E-state index is 12.0. The van der Waals surface area contributed by atoms with Gasteiger partial charge in [-0.05, 0) is 25.0 Å². The Hall–Kier alpha value is -1.88. The molecular formula is C16H22N2O3. The molecule has 5 nitrogen and oxygen atoms in total. The third-order valence-corrected chi connectivity index (χ3v) is 3.79. The lowest BCUT2D eigenvalue weighted by Crippen LogP contribution is -2.30. The van der Waals surface area contributed by atoms with Gasteiger partial charge in [-0.1, -0.05) is 18.2 Å². The van der Waals surface area contributed by atoms with E-state index in [0.29, 0.717) is 31.5 Å². The fraction of sp³-hybridized carbons (Fsp3) is 0.500. The van der Waals surface area contributed by atoms with Crippen molar-refractivity contribution in [1.29, 1.82) is 0 Å². The fourth-order valence-electron chi connectivity index (χ4n) is 2.50. The Kier molecular flexibility index (Phi) is 5.75. The molecule has 21 heavy (non-hydrogen) atoms. The van der Waals surface area contributed by atoms with Crippen molar-refractivity contribution >= 4 is 11.8 Å². The zero-order valence-electron chi connectivity index (χ0n) is 12.1. The second-order valence-electron chi connectivity index (χ2n) is 5.40. The van der Waals surface area contributed by atoms with Crippen molar-refractivity contribution in [1.82, 2.24) is 10.2 Å². The maximum Gasteiger partial charge on any atom is 0.251 e. The van der Waals surface area contributed by atoms with E-state index in [0.717, 1.165) is 13.0 Å². The topological polar surface area (TPSA) is 69.6 Å². The third kappa shape index (κ3) is 4.56. The molecule has 5 heteroatoms. The van der Waals surface area contributed by atoms with E-state index in [4.69, 9.17) is 5.11 Å². The number of nitrogens with one attached hydrogen (secondary N) is 1. The van der Waals surface area contributed by atoms with E-state index in [2.05, 4.69) is 5.32 Å². The van der Waals surface area contributed by atoms with E-state index < -0.39 is 0 Å². The Morgan fingerprint density at radius 3 is 2.71 bits per heavy atom.